The molecule has 1 saturated heterocycles. The Balaban J connectivity index is 1.85. The predicted octanol–water partition coefficient (Wildman–Crippen LogP) is 2.71. The molecule has 0 radical (unpaired) electrons. The van der Waals surface area contributed by atoms with Crippen LogP contribution in [0, 0.1) is 11.3 Å². The molecule has 1 fully saturated rings. The smallest absolute Gasteiger partial charge is 0.178 e. The number of benzene rings is 1. The number of rotatable bonds is 3. The van der Waals surface area contributed by atoms with E-state index in [2.05, 4.69) is 16.0 Å². The number of hydrogen-bond acceptors (Lipinski definition) is 3. The number of ketones is 1. The zero-order valence-electron chi connectivity index (χ0n) is 11.4. The van der Waals surface area contributed by atoms with Gasteiger partial charge in [0.05, 0.1) is 18.2 Å². The first-order valence-corrected chi connectivity index (χ1v) is 7.05. The maximum Gasteiger partial charge on any atom is 0.178 e. The van der Waals surface area contributed by atoms with Gasteiger partial charge in [-0.15, -0.1) is 0 Å². The maximum absolute atomic E-state index is 12.4. The van der Waals surface area contributed by atoms with E-state index in [1.165, 1.54) is 19.3 Å². The summed E-state index contributed by atoms with van der Waals surface area (Å²) in [6.45, 7) is 2.50. The summed E-state index contributed by atoms with van der Waals surface area (Å²) in [5, 5.41) is 9.82. The number of carbonyl (C=O) groups is 1. The van der Waals surface area contributed by atoms with Gasteiger partial charge in [-0.2, -0.15) is 5.26 Å². The minimum Gasteiger partial charge on any atom is -0.360 e. The molecule has 0 bridgehead atoms. The fraction of sp³-hybridized carbons (Fsp3) is 0.375. The van der Waals surface area contributed by atoms with Gasteiger partial charge < -0.3 is 4.98 Å². The number of H-pyrrole nitrogens is 1. The number of hydrogen-bond donors (Lipinski definition) is 1. The molecule has 1 aromatic heterocycles. The highest BCUT2D eigenvalue weighted by atomic mass is 16.1. The zero-order valence-corrected chi connectivity index (χ0v) is 11.4. The first-order chi connectivity index (χ1) is 9.78. The van der Waals surface area contributed by atoms with Gasteiger partial charge in [0.2, 0.25) is 0 Å². The fourth-order valence-electron chi connectivity index (χ4n) is 2.83. The summed E-state index contributed by atoms with van der Waals surface area (Å²) in [5.41, 5.74) is 2.19. The number of nitrogens with one attached hydrogen (secondary N) is 1. The first-order valence-electron chi connectivity index (χ1n) is 7.05. The standard InChI is InChI=1S/C16H17N3O/c17-9-12-4-5-15-13(8-12)14(10-18-15)16(20)11-19-6-2-1-3-7-19/h4-5,8,10,18H,1-3,6-7,11H2. The number of piperidine rings is 1. The van der Waals surface area contributed by atoms with E-state index in [9.17, 15) is 4.79 Å². The third-order valence-electron chi connectivity index (χ3n) is 3.93. The van der Waals surface area contributed by atoms with Gasteiger partial charge >= 0.3 is 0 Å². The molecule has 2 heterocycles. The second-order valence-corrected chi connectivity index (χ2v) is 5.33. The number of likely N-dealkylation sites (tertiary alicyclic amines) is 1. The Morgan fingerprint density at radius 3 is 2.85 bits per heavy atom. The first kappa shape index (κ1) is 12.9. The quantitative estimate of drug-likeness (QED) is 0.870. The van der Waals surface area contributed by atoms with Gasteiger partial charge in [-0.1, -0.05) is 6.42 Å². The lowest BCUT2D eigenvalue weighted by molar-refractivity contribution is 0.0917. The average Bonchev–Trinajstić information content (AvgIpc) is 2.91. The summed E-state index contributed by atoms with van der Waals surface area (Å²) < 4.78 is 0. The van der Waals surface area contributed by atoms with Crippen LogP contribution in [-0.4, -0.2) is 35.3 Å². The van der Waals surface area contributed by atoms with Crippen LogP contribution in [0.25, 0.3) is 10.9 Å². The lowest BCUT2D eigenvalue weighted by atomic mass is 10.1. The van der Waals surface area contributed by atoms with Crippen molar-refractivity contribution < 1.29 is 4.79 Å². The highest BCUT2D eigenvalue weighted by Gasteiger charge is 2.17. The topological polar surface area (TPSA) is 59.9 Å². The molecule has 0 unspecified atom stereocenters. The largest absolute Gasteiger partial charge is 0.360 e. The maximum atomic E-state index is 12.4. The van der Waals surface area contributed by atoms with Crippen LogP contribution in [0.15, 0.2) is 24.4 Å². The Hall–Kier alpha value is -2.12. The predicted molar refractivity (Wildman–Crippen MR) is 77.6 cm³/mol. The summed E-state index contributed by atoms with van der Waals surface area (Å²) in [7, 11) is 0. The highest BCUT2D eigenvalue weighted by molar-refractivity contribution is 6.09. The molecule has 0 aliphatic carbocycles. The van der Waals surface area contributed by atoms with Crippen LogP contribution < -0.4 is 0 Å². The van der Waals surface area contributed by atoms with Crippen LogP contribution >= 0.6 is 0 Å². The Kier molecular flexibility index (Phi) is 3.53. The van der Waals surface area contributed by atoms with E-state index < -0.39 is 0 Å². The van der Waals surface area contributed by atoms with Crippen LogP contribution in [0.2, 0.25) is 0 Å². The van der Waals surface area contributed by atoms with Gasteiger partial charge in [-0.05, 0) is 44.1 Å². The van der Waals surface area contributed by atoms with Gasteiger partial charge in [0.1, 0.15) is 0 Å². The number of aromatic nitrogens is 1. The zero-order chi connectivity index (χ0) is 13.9. The number of nitrogens with zero attached hydrogens (tertiary/aromatic N) is 2. The SMILES string of the molecule is N#Cc1ccc2[nH]cc(C(=O)CN3CCCCC3)c2c1. The summed E-state index contributed by atoms with van der Waals surface area (Å²) in [6, 6.07) is 7.52. The highest BCUT2D eigenvalue weighted by Crippen LogP contribution is 2.21. The Morgan fingerprint density at radius 2 is 2.10 bits per heavy atom. The second kappa shape index (κ2) is 5.48. The monoisotopic (exact) mass is 267 g/mol. The van der Waals surface area contributed by atoms with Gasteiger partial charge in [0, 0.05) is 22.7 Å². The molecular formula is C16H17N3O. The van der Waals surface area contributed by atoms with Crippen molar-refractivity contribution >= 4 is 16.7 Å². The number of carbonyl (C=O) groups excluding carboxylic acids is 1. The summed E-state index contributed by atoms with van der Waals surface area (Å²) in [6.07, 6.45) is 5.39. The number of Topliss-reactive ketones (excluding diaryl/α,β-unsaturated/α-hetero) is 1. The van der Waals surface area contributed by atoms with E-state index in [1.807, 2.05) is 6.07 Å². The van der Waals surface area contributed by atoms with Crippen molar-refractivity contribution in [3.63, 3.8) is 0 Å². The van der Waals surface area contributed by atoms with Crippen molar-refractivity contribution in [1.29, 1.82) is 5.26 Å². The van der Waals surface area contributed by atoms with Crippen molar-refractivity contribution in [2.24, 2.45) is 0 Å². The van der Waals surface area contributed by atoms with Crippen LogP contribution in [0.1, 0.15) is 35.2 Å². The number of nitriles is 1. The number of aromatic amines is 1. The average molecular weight is 267 g/mol. The molecule has 102 valence electrons. The normalized spacial score (nSPS) is 16.1. The second-order valence-electron chi connectivity index (χ2n) is 5.33. The minimum atomic E-state index is 0.133. The van der Waals surface area contributed by atoms with Crippen molar-refractivity contribution in [2.45, 2.75) is 19.3 Å². The molecule has 3 rings (SSSR count). The van der Waals surface area contributed by atoms with Crippen LogP contribution in [-0.2, 0) is 0 Å². The Labute approximate surface area is 118 Å². The molecule has 1 aliphatic heterocycles. The van der Waals surface area contributed by atoms with Crippen LogP contribution in [0.5, 0.6) is 0 Å². The van der Waals surface area contributed by atoms with Crippen molar-refractivity contribution in [2.75, 3.05) is 19.6 Å². The van der Waals surface area contributed by atoms with E-state index in [-0.39, 0.29) is 5.78 Å². The van der Waals surface area contributed by atoms with Gasteiger partial charge in [0.15, 0.2) is 5.78 Å². The molecular weight excluding hydrogens is 250 g/mol. The number of fused-ring (bicyclic) bond motifs is 1. The molecule has 0 atom stereocenters. The van der Waals surface area contributed by atoms with Crippen LogP contribution in [0.3, 0.4) is 0 Å². The van der Waals surface area contributed by atoms with E-state index in [0.717, 1.165) is 24.0 Å². The van der Waals surface area contributed by atoms with Crippen molar-refractivity contribution in [3.8, 4) is 6.07 Å². The van der Waals surface area contributed by atoms with Gasteiger partial charge in [-0.25, -0.2) is 0 Å². The summed E-state index contributed by atoms with van der Waals surface area (Å²) in [4.78, 5) is 17.8. The molecule has 1 N–H and O–H groups in total. The molecule has 4 heteroatoms. The van der Waals surface area contributed by atoms with E-state index in [4.69, 9.17) is 5.26 Å². The van der Waals surface area contributed by atoms with E-state index in [0.29, 0.717) is 17.7 Å². The van der Waals surface area contributed by atoms with Crippen molar-refractivity contribution in [3.05, 3.63) is 35.5 Å². The molecule has 20 heavy (non-hydrogen) atoms. The van der Waals surface area contributed by atoms with Gasteiger partial charge in [0.25, 0.3) is 0 Å². The van der Waals surface area contributed by atoms with Crippen molar-refractivity contribution in [1.82, 2.24) is 9.88 Å². The van der Waals surface area contributed by atoms with E-state index in [1.54, 1.807) is 18.3 Å². The lowest BCUT2D eigenvalue weighted by Crippen LogP contribution is -2.34. The third-order valence-corrected chi connectivity index (χ3v) is 3.93. The molecule has 1 aromatic carbocycles. The molecule has 4 nitrogen and oxygen atoms in total. The molecule has 0 spiro atoms. The lowest BCUT2D eigenvalue weighted by Gasteiger charge is -2.25. The van der Waals surface area contributed by atoms with Gasteiger partial charge in [-0.3, -0.25) is 9.69 Å². The fourth-order valence-corrected chi connectivity index (χ4v) is 2.83. The Morgan fingerprint density at radius 1 is 1.30 bits per heavy atom. The van der Waals surface area contributed by atoms with Crippen LogP contribution in [0.4, 0.5) is 0 Å². The molecule has 1 aliphatic rings. The Bertz CT molecular complexity index is 675. The molecule has 2 aromatic rings. The molecule has 0 saturated carbocycles. The summed E-state index contributed by atoms with van der Waals surface area (Å²) >= 11 is 0. The minimum absolute atomic E-state index is 0.133. The third kappa shape index (κ3) is 2.45. The molecule has 0 amide bonds. The van der Waals surface area contributed by atoms with E-state index >= 15 is 0 Å². The summed E-state index contributed by atoms with van der Waals surface area (Å²) in [5.74, 6) is 0.133.